The summed E-state index contributed by atoms with van der Waals surface area (Å²) in [6, 6.07) is 13.8. The summed E-state index contributed by atoms with van der Waals surface area (Å²) in [6.07, 6.45) is 4.17. The lowest BCUT2D eigenvalue weighted by Gasteiger charge is -2.30. The number of hydrogen-bond donors (Lipinski definition) is 1. The van der Waals surface area contributed by atoms with Crippen LogP contribution in [0, 0.1) is 0 Å². The van der Waals surface area contributed by atoms with Gasteiger partial charge in [0, 0.05) is 30.5 Å². The van der Waals surface area contributed by atoms with Crippen LogP contribution in [0.25, 0.3) is 11.0 Å². The summed E-state index contributed by atoms with van der Waals surface area (Å²) >= 11 is 0. The van der Waals surface area contributed by atoms with Crippen molar-refractivity contribution in [3.63, 3.8) is 0 Å². The molecule has 160 valence electrons. The van der Waals surface area contributed by atoms with Gasteiger partial charge in [0.05, 0.1) is 34.9 Å². The molecule has 1 unspecified atom stereocenters. The molecule has 1 N–H and O–H groups in total. The van der Waals surface area contributed by atoms with Gasteiger partial charge < -0.3 is 9.88 Å². The molecule has 0 radical (unpaired) electrons. The summed E-state index contributed by atoms with van der Waals surface area (Å²) in [5, 5.41) is 0. The van der Waals surface area contributed by atoms with E-state index in [1.807, 2.05) is 47.4 Å². The standard InChI is InChI=1S/C23H24N4O3S/c1-2-16-13-22(28)27(19-7-8-20-21(14-19)25-15-24-20)23(16)17-3-5-18(6-4-17)26-9-11-31(29,30)12-10-26/h3-8,13-15,23H,2,9-12H2,1H3,(H,24,25). The molecule has 1 amide bonds. The highest BCUT2D eigenvalue weighted by molar-refractivity contribution is 7.91. The molecule has 2 aromatic carbocycles. The van der Waals surface area contributed by atoms with Gasteiger partial charge in [-0.1, -0.05) is 19.1 Å². The van der Waals surface area contributed by atoms with Gasteiger partial charge in [-0.05, 0) is 47.9 Å². The first kappa shape index (κ1) is 19.8. The summed E-state index contributed by atoms with van der Waals surface area (Å²) in [5.41, 5.74) is 5.71. The van der Waals surface area contributed by atoms with Crippen LogP contribution in [0.1, 0.15) is 24.9 Å². The predicted molar refractivity (Wildman–Crippen MR) is 122 cm³/mol. The van der Waals surface area contributed by atoms with Gasteiger partial charge in [0.2, 0.25) is 0 Å². The molecule has 1 aromatic heterocycles. The van der Waals surface area contributed by atoms with Gasteiger partial charge in [-0.3, -0.25) is 9.69 Å². The second-order valence-electron chi connectivity index (χ2n) is 8.02. The Bertz CT molecular complexity index is 1260. The summed E-state index contributed by atoms with van der Waals surface area (Å²) in [5.74, 6) is 0.364. The molecule has 2 aliphatic rings. The minimum atomic E-state index is -2.91. The van der Waals surface area contributed by atoms with Crippen LogP contribution in [-0.4, -0.2) is 48.9 Å². The van der Waals surface area contributed by atoms with Crippen molar-refractivity contribution in [2.24, 2.45) is 0 Å². The lowest BCUT2D eigenvalue weighted by atomic mass is 9.97. The topological polar surface area (TPSA) is 86.4 Å². The van der Waals surface area contributed by atoms with Gasteiger partial charge >= 0.3 is 0 Å². The number of rotatable bonds is 4. The molecule has 7 nitrogen and oxygen atoms in total. The Kier molecular flexibility index (Phi) is 4.81. The van der Waals surface area contributed by atoms with Gasteiger partial charge in [-0.2, -0.15) is 0 Å². The lowest BCUT2D eigenvalue weighted by molar-refractivity contribution is -0.113. The molecule has 0 spiro atoms. The average Bonchev–Trinajstić information content (AvgIpc) is 3.37. The SMILES string of the molecule is CCC1=CC(=O)N(c2ccc3nc[nH]c3c2)C1c1ccc(N2CCS(=O)(=O)CC2)cc1. The monoisotopic (exact) mass is 436 g/mol. The summed E-state index contributed by atoms with van der Waals surface area (Å²) < 4.78 is 23.4. The van der Waals surface area contributed by atoms with E-state index in [1.165, 1.54) is 0 Å². The normalized spacial score (nSPS) is 21.0. The molecule has 5 rings (SSSR count). The zero-order valence-electron chi connectivity index (χ0n) is 17.3. The van der Waals surface area contributed by atoms with E-state index in [0.717, 1.165) is 40.0 Å². The molecule has 0 aliphatic carbocycles. The van der Waals surface area contributed by atoms with E-state index in [0.29, 0.717) is 13.1 Å². The number of benzene rings is 2. The van der Waals surface area contributed by atoms with Crippen LogP contribution in [-0.2, 0) is 14.6 Å². The Morgan fingerprint density at radius 3 is 2.48 bits per heavy atom. The summed E-state index contributed by atoms with van der Waals surface area (Å²) in [6.45, 7) is 3.09. The molecule has 3 aromatic rings. The van der Waals surface area contributed by atoms with Gasteiger partial charge in [-0.25, -0.2) is 13.4 Å². The number of nitrogens with one attached hydrogen (secondary N) is 1. The van der Waals surface area contributed by atoms with E-state index in [4.69, 9.17) is 0 Å². The molecular weight excluding hydrogens is 412 g/mol. The highest BCUT2D eigenvalue weighted by Gasteiger charge is 2.34. The molecular formula is C23H24N4O3S. The third kappa shape index (κ3) is 3.61. The van der Waals surface area contributed by atoms with Crippen LogP contribution in [0.3, 0.4) is 0 Å². The van der Waals surface area contributed by atoms with Crippen molar-refractivity contribution in [2.45, 2.75) is 19.4 Å². The van der Waals surface area contributed by atoms with Crippen molar-refractivity contribution >= 4 is 38.2 Å². The quantitative estimate of drug-likeness (QED) is 0.679. The fourth-order valence-electron chi connectivity index (χ4n) is 4.45. The molecule has 0 saturated carbocycles. The van der Waals surface area contributed by atoms with Gasteiger partial charge in [0.1, 0.15) is 0 Å². The maximum Gasteiger partial charge on any atom is 0.251 e. The van der Waals surface area contributed by atoms with E-state index >= 15 is 0 Å². The smallest absolute Gasteiger partial charge is 0.251 e. The molecule has 8 heteroatoms. The third-order valence-electron chi connectivity index (χ3n) is 6.16. The minimum Gasteiger partial charge on any atom is -0.369 e. The fourth-order valence-corrected chi connectivity index (χ4v) is 5.65. The first-order valence-electron chi connectivity index (χ1n) is 10.5. The number of carbonyl (C=O) groups excluding carboxylic acids is 1. The number of sulfone groups is 1. The number of carbonyl (C=O) groups is 1. The van der Waals surface area contributed by atoms with Crippen LogP contribution >= 0.6 is 0 Å². The number of imidazole rings is 1. The number of aromatic amines is 1. The number of nitrogens with zero attached hydrogens (tertiary/aromatic N) is 3. The Morgan fingerprint density at radius 1 is 1.06 bits per heavy atom. The largest absolute Gasteiger partial charge is 0.369 e. The molecule has 1 saturated heterocycles. The highest BCUT2D eigenvalue weighted by atomic mass is 32.2. The zero-order valence-corrected chi connectivity index (χ0v) is 18.1. The first-order chi connectivity index (χ1) is 14.9. The van der Waals surface area contributed by atoms with Crippen molar-refractivity contribution in [3.05, 3.63) is 66.0 Å². The van der Waals surface area contributed by atoms with Crippen molar-refractivity contribution in [2.75, 3.05) is 34.4 Å². The Hall–Kier alpha value is -3.13. The maximum atomic E-state index is 12.9. The number of hydrogen-bond acceptors (Lipinski definition) is 5. The molecule has 31 heavy (non-hydrogen) atoms. The molecule has 0 bridgehead atoms. The van der Waals surface area contributed by atoms with Crippen LogP contribution in [0.5, 0.6) is 0 Å². The lowest BCUT2D eigenvalue weighted by Crippen LogP contribution is -2.40. The average molecular weight is 437 g/mol. The van der Waals surface area contributed by atoms with E-state index in [2.05, 4.69) is 21.8 Å². The van der Waals surface area contributed by atoms with E-state index < -0.39 is 9.84 Å². The van der Waals surface area contributed by atoms with Crippen molar-refractivity contribution < 1.29 is 13.2 Å². The number of amides is 1. The summed E-state index contributed by atoms with van der Waals surface area (Å²) in [4.78, 5) is 24.2. The third-order valence-corrected chi connectivity index (χ3v) is 7.77. The van der Waals surface area contributed by atoms with Crippen molar-refractivity contribution in [1.29, 1.82) is 0 Å². The number of anilines is 2. The van der Waals surface area contributed by atoms with E-state index in [9.17, 15) is 13.2 Å². The van der Waals surface area contributed by atoms with Crippen molar-refractivity contribution in [1.82, 2.24) is 9.97 Å². The molecule has 2 aliphatic heterocycles. The van der Waals surface area contributed by atoms with Gasteiger partial charge in [0.15, 0.2) is 9.84 Å². The second-order valence-corrected chi connectivity index (χ2v) is 10.3. The van der Waals surface area contributed by atoms with Crippen LogP contribution in [0.2, 0.25) is 0 Å². The first-order valence-corrected chi connectivity index (χ1v) is 12.3. The molecule has 1 atom stereocenters. The maximum absolute atomic E-state index is 12.9. The van der Waals surface area contributed by atoms with Crippen molar-refractivity contribution in [3.8, 4) is 0 Å². The van der Waals surface area contributed by atoms with E-state index in [-0.39, 0.29) is 23.5 Å². The Morgan fingerprint density at radius 2 is 1.77 bits per heavy atom. The minimum absolute atomic E-state index is 0.0222. The Balaban J connectivity index is 1.46. The van der Waals surface area contributed by atoms with Gasteiger partial charge in [0.25, 0.3) is 5.91 Å². The highest BCUT2D eigenvalue weighted by Crippen LogP contribution is 2.40. The molecule has 3 heterocycles. The van der Waals surface area contributed by atoms with Crippen LogP contribution < -0.4 is 9.80 Å². The fraction of sp³-hybridized carbons (Fsp3) is 0.304. The number of aromatic nitrogens is 2. The number of fused-ring (bicyclic) bond motifs is 1. The zero-order chi connectivity index (χ0) is 21.6. The van der Waals surface area contributed by atoms with E-state index in [1.54, 1.807) is 12.4 Å². The van der Waals surface area contributed by atoms with Gasteiger partial charge in [-0.15, -0.1) is 0 Å². The number of H-pyrrole nitrogens is 1. The Labute approximate surface area is 181 Å². The summed E-state index contributed by atoms with van der Waals surface area (Å²) in [7, 11) is -2.91. The molecule has 1 fully saturated rings. The van der Waals surface area contributed by atoms with Crippen LogP contribution in [0.4, 0.5) is 11.4 Å². The second kappa shape index (κ2) is 7.53. The van der Waals surface area contributed by atoms with Crippen LogP contribution in [0.15, 0.2) is 60.4 Å². The predicted octanol–water partition coefficient (Wildman–Crippen LogP) is 3.22.